The lowest BCUT2D eigenvalue weighted by molar-refractivity contribution is 0.395. The molecule has 0 atom stereocenters. The minimum absolute atomic E-state index is 0.785. The molecular formula is C13H21NO2S. The highest BCUT2D eigenvalue weighted by Crippen LogP contribution is 2.28. The Morgan fingerprint density at radius 3 is 2.47 bits per heavy atom. The minimum atomic E-state index is 0.785. The van der Waals surface area contributed by atoms with Crippen LogP contribution in [0.15, 0.2) is 12.1 Å². The number of benzene rings is 1. The molecule has 0 saturated heterocycles. The van der Waals surface area contributed by atoms with Crippen molar-refractivity contribution in [2.45, 2.75) is 19.9 Å². The molecule has 0 spiro atoms. The van der Waals surface area contributed by atoms with Gasteiger partial charge >= 0.3 is 0 Å². The SMILES string of the molecule is COc1cc(CNCCCS)c(OC)cc1C. The molecule has 0 heterocycles. The molecule has 0 aliphatic heterocycles. The Labute approximate surface area is 109 Å². The van der Waals surface area contributed by atoms with Gasteiger partial charge in [-0.25, -0.2) is 0 Å². The number of thiol groups is 1. The molecule has 0 aromatic heterocycles. The van der Waals surface area contributed by atoms with Crippen LogP contribution in [-0.4, -0.2) is 26.5 Å². The number of hydrogen-bond donors (Lipinski definition) is 2. The van der Waals surface area contributed by atoms with Gasteiger partial charge in [-0.05, 0) is 43.3 Å². The quantitative estimate of drug-likeness (QED) is 0.579. The van der Waals surface area contributed by atoms with Gasteiger partial charge in [0.2, 0.25) is 0 Å². The van der Waals surface area contributed by atoms with Crippen LogP contribution in [0.3, 0.4) is 0 Å². The third-order valence-electron chi connectivity index (χ3n) is 2.63. The van der Waals surface area contributed by atoms with Crippen LogP contribution >= 0.6 is 12.6 Å². The Bertz CT molecular complexity index is 356. The molecule has 0 aliphatic rings. The maximum atomic E-state index is 5.37. The molecule has 1 aromatic rings. The van der Waals surface area contributed by atoms with E-state index in [1.54, 1.807) is 14.2 Å². The number of ether oxygens (including phenoxy) is 2. The van der Waals surface area contributed by atoms with Crippen LogP contribution in [0.1, 0.15) is 17.5 Å². The van der Waals surface area contributed by atoms with Crippen molar-refractivity contribution in [1.29, 1.82) is 0 Å². The molecule has 0 fully saturated rings. The zero-order valence-corrected chi connectivity index (χ0v) is 11.6. The molecule has 0 saturated carbocycles. The fraction of sp³-hybridized carbons (Fsp3) is 0.538. The van der Waals surface area contributed by atoms with E-state index < -0.39 is 0 Å². The third-order valence-corrected chi connectivity index (χ3v) is 2.94. The zero-order valence-electron chi connectivity index (χ0n) is 10.7. The van der Waals surface area contributed by atoms with E-state index in [0.717, 1.165) is 47.9 Å². The van der Waals surface area contributed by atoms with Gasteiger partial charge in [0.15, 0.2) is 0 Å². The average molecular weight is 255 g/mol. The summed E-state index contributed by atoms with van der Waals surface area (Å²) >= 11 is 4.18. The van der Waals surface area contributed by atoms with Gasteiger partial charge in [0.05, 0.1) is 14.2 Å². The highest BCUT2D eigenvalue weighted by Gasteiger charge is 2.07. The second-order valence-electron chi connectivity index (χ2n) is 3.89. The number of hydrogen-bond acceptors (Lipinski definition) is 4. The highest BCUT2D eigenvalue weighted by atomic mass is 32.1. The Kier molecular flexibility index (Phi) is 6.22. The average Bonchev–Trinajstić information content (AvgIpc) is 2.35. The summed E-state index contributed by atoms with van der Waals surface area (Å²) in [6.07, 6.45) is 1.06. The predicted molar refractivity (Wildman–Crippen MR) is 74.5 cm³/mol. The predicted octanol–water partition coefficient (Wildman–Crippen LogP) is 2.42. The molecule has 3 nitrogen and oxygen atoms in total. The van der Waals surface area contributed by atoms with Crippen LogP contribution in [-0.2, 0) is 6.54 Å². The van der Waals surface area contributed by atoms with Crippen LogP contribution < -0.4 is 14.8 Å². The maximum absolute atomic E-state index is 5.37. The van der Waals surface area contributed by atoms with E-state index >= 15 is 0 Å². The summed E-state index contributed by atoms with van der Waals surface area (Å²) in [6, 6.07) is 4.04. The molecule has 0 unspecified atom stereocenters. The first-order chi connectivity index (χ1) is 8.22. The van der Waals surface area contributed by atoms with Gasteiger partial charge in [-0.1, -0.05) is 0 Å². The van der Waals surface area contributed by atoms with E-state index in [0.29, 0.717) is 0 Å². The zero-order chi connectivity index (χ0) is 12.7. The van der Waals surface area contributed by atoms with E-state index in [1.165, 1.54) is 0 Å². The maximum Gasteiger partial charge on any atom is 0.123 e. The standard InChI is InChI=1S/C13H21NO2S/c1-10-7-13(16-3)11(8-12(10)15-2)9-14-5-4-6-17/h7-8,14,17H,4-6,9H2,1-3H3. The normalized spacial score (nSPS) is 10.4. The first-order valence-electron chi connectivity index (χ1n) is 5.76. The molecule has 0 radical (unpaired) electrons. The van der Waals surface area contributed by atoms with Crippen LogP contribution in [0, 0.1) is 6.92 Å². The molecule has 96 valence electrons. The van der Waals surface area contributed by atoms with Gasteiger partial charge in [-0.3, -0.25) is 0 Å². The van der Waals surface area contributed by atoms with Gasteiger partial charge in [-0.15, -0.1) is 0 Å². The first kappa shape index (κ1) is 14.2. The topological polar surface area (TPSA) is 30.5 Å². The monoisotopic (exact) mass is 255 g/mol. The number of methoxy groups -OCH3 is 2. The summed E-state index contributed by atoms with van der Waals surface area (Å²) in [6.45, 7) is 3.76. The summed E-state index contributed by atoms with van der Waals surface area (Å²) in [7, 11) is 3.38. The summed E-state index contributed by atoms with van der Waals surface area (Å²) in [5, 5.41) is 3.36. The minimum Gasteiger partial charge on any atom is -0.496 e. The van der Waals surface area contributed by atoms with Gasteiger partial charge in [0.25, 0.3) is 0 Å². The number of aryl methyl sites for hydroxylation is 1. The van der Waals surface area contributed by atoms with Crippen LogP contribution in [0.5, 0.6) is 11.5 Å². The third kappa shape index (κ3) is 4.13. The van der Waals surface area contributed by atoms with Crippen molar-refractivity contribution < 1.29 is 9.47 Å². The van der Waals surface area contributed by atoms with Crippen LogP contribution in [0.2, 0.25) is 0 Å². The van der Waals surface area contributed by atoms with Crippen molar-refractivity contribution >= 4 is 12.6 Å². The molecule has 1 rings (SSSR count). The Balaban J connectivity index is 2.74. The van der Waals surface area contributed by atoms with Crippen LogP contribution in [0.25, 0.3) is 0 Å². The Morgan fingerprint density at radius 1 is 1.18 bits per heavy atom. The molecule has 1 aromatic carbocycles. The van der Waals surface area contributed by atoms with Gasteiger partial charge in [0.1, 0.15) is 11.5 Å². The molecule has 0 amide bonds. The van der Waals surface area contributed by atoms with Crippen LogP contribution in [0.4, 0.5) is 0 Å². The first-order valence-corrected chi connectivity index (χ1v) is 6.39. The van der Waals surface area contributed by atoms with Crippen molar-refractivity contribution in [3.8, 4) is 11.5 Å². The number of rotatable bonds is 7. The highest BCUT2D eigenvalue weighted by molar-refractivity contribution is 7.80. The summed E-state index contributed by atoms with van der Waals surface area (Å²) < 4.78 is 10.7. The molecular weight excluding hydrogens is 234 g/mol. The summed E-state index contributed by atoms with van der Waals surface area (Å²) in [4.78, 5) is 0. The van der Waals surface area contributed by atoms with E-state index in [2.05, 4.69) is 17.9 Å². The molecule has 17 heavy (non-hydrogen) atoms. The Hall–Kier alpha value is -0.870. The summed E-state index contributed by atoms with van der Waals surface area (Å²) in [5.74, 6) is 2.71. The molecule has 0 bridgehead atoms. The molecule has 1 N–H and O–H groups in total. The molecule has 4 heteroatoms. The van der Waals surface area contributed by atoms with E-state index in [9.17, 15) is 0 Å². The largest absolute Gasteiger partial charge is 0.496 e. The smallest absolute Gasteiger partial charge is 0.123 e. The Morgan fingerprint density at radius 2 is 1.88 bits per heavy atom. The fourth-order valence-corrected chi connectivity index (χ4v) is 1.84. The van der Waals surface area contributed by atoms with E-state index in [1.807, 2.05) is 19.1 Å². The molecule has 0 aliphatic carbocycles. The van der Waals surface area contributed by atoms with Crippen molar-refractivity contribution in [2.24, 2.45) is 0 Å². The van der Waals surface area contributed by atoms with E-state index in [4.69, 9.17) is 9.47 Å². The fourth-order valence-electron chi connectivity index (χ4n) is 1.68. The van der Waals surface area contributed by atoms with E-state index in [-0.39, 0.29) is 0 Å². The van der Waals surface area contributed by atoms with Gasteiger partial charge in [0, 0.05) is 12.1 Å². The van der Waals surface area contributed by atoms with Gasteiger partial charge < -0.3 is 14.8 Å². The van der Waals surface area contributed by atoms with Crippen molar-refractivity contribution in [3.63, 3.8) is 0 Å². The number of nitrogens with one attached hydrogen (secondary N) is 1. The summed E-state index contributed by atoms with van der Waals surface area (Å²) in [5.41, 5.74) is 2.21. The second kappa shape index (κ2) is 7.45. The van der Waals surface area contributed by atoms with Gasteiger partial charge in [-0.2, -0.15) is 12.6 Å². The lowest BCUT2D eigenvalue weighted by Gasteiger charge is -2.13. The van der Waals surface area contributed by atoms with Crippen molar-refractivity contribution in [3.05, 3.63) is 23.3 Å². The van der Waals surface area contributed by atoms with Crippen molar-refractivity contribution in [1.82, 2.24) is 5.32 Å². The lowest BCUT2D eigenvalue weighted by atomic mass is 10.1. The van der Waals surface area contributed by atoms with Crippen molar-refractivity contribution in [2.75, 3.05) is 26.5 Å². The lowest BCUT2D eigenvalue weighted by Crippen LogP contribution is -2.15. The second-order valence-corrected chi connectivity index (χ2v) is 4.33.